The Bertz CT molecular complexity index is 788. The highest BCUT2D eigenvalue weighted by molar-refractivity contribution is 5.94. The van der Waals surface area contributed by atoms with Gasteiger partial charge >= 0.3 is 5.97 Å². The lowest BCUT2D eigenvalue weighted by molar-refractivity contribution is -0.143. The van der Waals surface area contributed by atoms with Crippen LogP contribution >= 0.6 is 0 Å². The lowest BCUT2D eigenvalue weighted by Gasteiger charge is -2.28. The molecule has 0 aromatic rings. The Morgan fingerprint density at radius 3 is 2.09 bits per heavy atom. The maximum Gasteiger partial charge on any atom is 0.326 e. The van der Waals surface area contributed by atoms with Crippen molar-refractivity contribution in [3.63, 3.8) is 0 Å². The summed E-state index contributed by atoms with van der Waals surface area (Å²) in [6.45, 7) is 3.87. The summed E-state index contributed by atoms with van der Waals surface area (Å²) in [5.74, 6) is -4.44. The molecule has 13 heteroatoms. The second-order valence-corrected chi connectivity index (χ2v) is 8.90. The Morgan fingerprint density at radius 2 is 1.56 bits per heavy atom. The van der Waals surface area contributed by atoms with E-state index in [0.717, 1.165) is 0 Å². The molecule has 0 bridgehead atoms. The zero-order chi connectivity index (χ0) is 26.0. The number of nitrogens with one attached hydrogen (secondary N) is 2. The van der Waals surface area contributed by atoms with Crippen molar-refractivity contribution in [2.75, 3.05) is 6.54 Å². The number of likely N-dealkylation sites (tertiary alicyclic amines) is 1. The van der Waals surface area contributed by atoms with Crippen LogP contribution in [0.5, 0.6) is 0 Å². The third-order valence-electron chi connectivity index (χ3n) is 5.49. The maximum atomic E-state index is 13.0. The number of primary amides is 2. The second kappa shape index (κ2) is 13.5. The Kier molecular flexibility index (Phi) is 11.4. The Balaban J connectivity index is 2.93. The van der Waals surface area contributed by atoms with Crippen LogP contribution in [-0.4, -0.2) is 76.2 Å². The van der Waals surface area contributed by atoms with E-state index in [9.17, 15) is 33.9 Å². The molecule has 13 nitrogen and oxygen atoms in total. The van der Waals surface area contributed by atoms with Crippen LogP contribution in [0.1, 0.15) is 58.8 Å². The molecule has 0 aromatic carbocycles. The molecule has 34 heavy (non-hydrogen) atoms. The quantitative estimate of drug-likeness (QED) is 0.160. The number of carbonyl (C=O) groups is 6. The third kappa shape index (κ3) is 9.33. The van der Waals surface area contributed by atoms with Crippen LogP contribution in [0.3, 0.4) is 0 Å². The molecular weight excluding hydrogens is 448 g/mol. The average molecular weight is 485 g/mol. The van der Waals surface area contributed by atoms with E-state index in [1.165, 1.54) is 4.90 Å². The van der Waals surface area contributed by atoms with Gasteiger partial charge in [0.25, 0.3) is 0 Å². The fourth-order valence-corrected chi connectivity index (χ4v) is 3.73. The van der Waals surface area contributed by atoms with E-state index in [-0.39, 0.29) is 44.6 Å². The van der Waals surface area contributed by atoms with Crippen LogP contribution in [-0.2, 0) is 28.8 Å². The van der Waals surface area contributed by atoms with E-state index in [4.69, 9.17) is 17.2 Å². The van der Waals surface area contributed by atoms with Crippen molar-refractivity contribution in [2.24, 2.45) is 23.1 Å². The van der Waals surface area contributed by atoms with Gasteiger partial charge in [0.15, 0.2) is 0 Å². The molecule has 9 N–H and O–H groups in total. The van der Waals surface area contributed by atoms with Crippen molar-refractivity contribution in [3.05, 3.63) is 0 Å². The lowest BCUT2D eigenvalue weighted by Crippen LogP contribution is -2.56. The van der Waals surface area contributed by atoms with Gasteiger partial charge in [0.05, 0.1) is 6.04 Å². The first kappa shape index (κ1) is 28.8. The minimum absolute atomic E-state index is 0.0168. The van der Waals surface area contributed by atoms with E-state index in [2.05, 4.69) is 10.6 Å². The summed E-state index contributed by atoms with van der Waals surface area (Å²) in [4.78, 5) is 73.5. The zero-order valence-corrected chi connectivity index (χ0v) is 19.6. The molecule has 0 saturated carbocycles. The highest BCUT2D eigenvalue weighted by atomic mass is 16.4. The number of hydrogen-bond acceptors (Lipinski definition) is 7. The molecule has 1 heterocycles. The minimum atomic E-state index is -1.23. The van der Waals surface area contributed by atoms with Crippen molar-refractivity contribution in [3.8, 4) is 0 Å². The molecule has 192 valence electrons. The Morgan fingerprint density at radius 1 is 0.971 bits per heavy atom. The average Bonchev–Trinajstić information content (AvgIpc) is 3.23. The van der Waals surface area contributed by atoms with E-state index in [1.807, 2.05) is 0 Å². The number of hydrogen-bond donors (Lipinski definition) is 6. The van der Waals surface area contributed by atoms with Gasteiger partial charge in [-0.05, 0) is 38.0 Å². The number of nitrogens with two attached hydrogens (primary N) is 3. The summed E-state index contributed by atoms with van der Waals surface area (Å²) in [6, 6.07) is -4.31. The SMILES string of the molecule is CC(C)CC(NC(=O)C(CCC(N)=O)NC(=O)C1CCCN1C(=O)C(N)CCC(N)=O)C(=O)O. The van der Waals surface area contributed by atoms with Crippen LogP contribution in [0.15, 0.2) is 0 Å². The van der Waals surface area contributed by atoms with Gasteiger partial charge in [0.1, 0.15) is 18.1 Å². The van der Waals surface area contributed by atoms with E-state index < -0.39 is 59.7 Å². The van der Waals surface area contributed by atoms with Gasteiger partial charge in [-0.1, -0.05) is 13.8 Å². The van der Waals surface area contributed by atoms with E-state index >= 15 is 0 Å². The number of rotatable bonds is 14. The van der Waals surface area contributed by atoms with Crippen molar-refractivity contribution >= 4 is 35.5 Å². The molecule has 0 aliphatic carbocycles. The molecule has 1 aliphatic heterocycles. The maximum absolute atomic E-state index is 13.0. The van der Waals surface area contributed by atoms with Gasteiger partial charge in [-0.2, -0.15) is 0 Å². The number of carboxylic acid groups (broad SMARTS) is 1. The molecule has 1 aliphatic rings. The molecule has 5 amide bonds. The molecule has 0 aromatic heterocycles. The second-order valence-electron chi connectivity index (χ2n) is 8.90. The molecule has 1 saturated heterocycles. The van der Waals surface area contributed by atoms with Gasteiger partial charge < -0.3 is 37.8 Å². The van der Waals surface area contributed by atoms with E-state index in [0.29, 0.717) is 12.8 Å². The summed E-state index contributed by atoms with van der Waals surface area (Å²) in [7, 11) is 0. The monoisotopic (exact) mass is 484 g/mol. The predicted molar refractivity (Wildman–Crippen MR) is 121 cm³/mol. The number of carbonyl (C=O) groups excluding carboxylic acids is 5. The van der Waals surface area contributed by atoms with Gasteiger partial charge in [0.2, 0.25) is 29.5 Å². The first-order chi connectivity index (χ1) is 15.8. The predicted octanol–water partition coefficient (Wildman–Crippen LogP) is -2.06. The largest absolute Gasteiger partial charge is 0.480 e. The topological polar surface area (TPSA) is 228 Å². The number of aliphatic carboxylic acids is 1. The first-order valence-electron chi connectivity index (χ1n) is 11.3. The highest BCUT2D eigenvalue weighted by Gasteiger charge is 2.38. The van der Waals surface area contributed by atoms with Crippen LogP contribution in [0.2, 0.25) is 0 Å². The number of nitrogens with zero attached hydrogens (tertiary/aromatic N) is 1. The van der Waals surface area contributed by atoms with Crippen LogP contribution in [0, 0.1) is 5.92 Å². The molecule has 1 fully saturated rings. The van der Waals surface area contributed by atoms with Crippen molar-refractivity contribution in [2.45, 2.75) is 83.0 Å². The van der Waals surface area contributed by atoms with Gasteiger partial charge in [-0.3, -0.25) is 24.0 Å². The van der Waals surface area contributed by atoms with Gasteiger partial charge in [-0.15, -0.1) is 0 Å². The molecule has 4 atom stereocenters. The summed E-state index contributed by atoms with van der Waals surface area (Å²) in [5.41, 5.74) is 16.1. The fraction of sp³-hybridized carbons (Fsp3) is 0.714. The minimum Gasteiger partial charge on any atom is -0.480 e. The van der Waals surface area contributed by atoms with Crippen LogP contribution in [0.25, 0.3) is 0 Å². The zero-order valence-electron chi connectivity index (χ0n) is 19.6. The number of carboxylic acids is 1. The van der Waals surface area contributed by atoms with Crippen molar-refractivity contribution in [1.82, 2.24) is 15.5 Å². The summed E-state index contributed by atoms with van der Waals surface area (Å²) in [5, 5.41) is 14.3. The van der Waals surface area contributed by atoms with Gasteiger partial charge in [-0.25, -0.2) is 4.79 Å². The smallest absolute Gasteiger partial charge is 0.326 e. The van der Waals surface area contributed by atoms with Gasteiger partial charge in [0, 0.05) is 19.4 Å². The molecular formula is C21H36N6O7. The molecule has 4 unspecified atom stereocenters. The van der Waals surface area contributed by atoms with Crippen molar-refractivity contribution in [1.29, 1.82) is 0 Å². The molecule has 0 spiro atoms. The lowest BCUT2D eigenvalue weighted by atomic mass is 10.0. The fourth-order valence-electron chi connectivity index (χ4n) is 3.73. The first-order valence-corrected chi connectivity index (χ1v) is 11.3. The summed E-state index contributed by atoms with van der Waals surface area (Å²) in [6.07, 6.45) is 0.634. The Hall–Kier alpha value is -3.22. The van der Waals surface area contributed by atoms with Crippen molar-refractivity contribution < 1.29 is 33.9 Å². The Labute approximate surface area is 198 Å². The summed E-state index contributed by atoms with van der Waals surface area (Å²) < 4.78 is 0. The molecule has 0 radical (unpaired) electrons. The summed E-state index contributed by atoms with van der Waals surface area (Å²) >= 11 is 0. The van der Waals surface area contributed by atoms with Crippen LogP contribution in [0.4, 0.5) is 0 Å². The number of amides is 5. The third-order valence-corrected chi connectivity index (χ3v) is 5.49. The highest BCUT2D eigenvalue weighted by Crippen LogP contribution is 2.19. The standard InChI is InChI=1S/C21H36N6O7/c1-11(2)10-14(21(33)34)26-18(30)13(6-8-17(24)29)25-19(31)15-4-3-9-27(15)20(32)12(22)5-7-16(23)28/h11-15H,3-10,22H2,1-2H3,(H2,23,28)(H2,24,29)(H,25,31)(H,26,30)(H,33,34). The van der Waals surface area contributed by atoms with E-state index in [1.54, 1.807) is 13.8 Å². The molecule has 1 rings (SSSR count). The van der Waals surface area contributed by atoms with Crippen LogP contribution < -0.4 is 27.8 Å². The normalized spacial score (nSPS) is 18.1.